The highest BCUT2D eigenvalue weighted by atomic mass is 35.5. The summed E-state index contributed by atoms with van der Waals surface area (Å²) < 4.78 is 0. The lowest BCUT2D eigenvalue weighted by atomic mass is 10.1. The van der Waals surface area contributed by atoms with E-state index < -0.39 is 0 Å². The van der Waals surface area contributed by atoms with Gasteiger partial charge in [0.2, 0.25) is 0 Å². The predicted molar refractivity (Wildman–Crippen MR) is 136 cm³/mol. The normalized spacial score (nSPS) is 14.7. The quantitative estimate of drug-likeness (QED) is 0.434. The Kier molecular flexibility index (Phi) is 6.45. The van der Waals surface area contributed by atoms with Gasteiger partial charge in [0.15, 0.2) is 5.65 Å². The van der Waals surface area contributed by atoms with Crippen molar-refractivity contribution in [1.29, 1.82) is 0 Å². The largest absolute Gasteiger partial charge is 0.354 e. The Morgan fingerprint density at radius 3 is 2.59 bits per heavy atom. The molecule has 0 unspecified atom stereocenters. The van der Waals surface area contributed by atoms with E-state index in [1.165, 1.54) is 0 Å². The van der Waals surface area contributed by atoms with Crippen LogP contribution in [0.2, 0.25) is 5.02 Å². The number of fused-ring (bicyclic) bond motifs is 1. The zero-order chi connectivity index (χ0) is 23.5. The summed E-state index contributed by atoms with van der Waals surface area (Å²) in [6, 6.07) is 10.1. The number of H-pyrrole nitrogens is 1. The summed E-state index contributed by atoms with van der Waals surface area (Å²) in [5.74, 6) is 6.34. The number of hydrogen-bond acceptors (Lipinski definition) is 6. The lowest BCUT2D eigenvalue weighted by Gasteiger charge is -2.32. The first-order valence-corrected chi connectivity index (χ1v) is 11.7. The molecule has 0 radical (unpaired) electrons. The number of aromatic amines is 1. The molecule has 1 aliphatic heterocycles. The number of nitrogens with one attached hydrogen (secondary N) is 2. The number of halogens is 1. The van der Waals surface area contributed by atoms with E-state index in [1.807, 2.05) is 25.1 Å². The van der Waals surface area contributed by atoms with Crippen molar-refractivity contribution in [3.8, 4) is 11.8 Å². The van der Waals surface area contributed by atoms with E-state index in [0.29, 0.717) is 5.65 Å². The molecule has 2 N–H and O–H groups in total. The van der Waals surface area contributed by atoms with Crippen LogP contribution in [0.15, 0.2) is 48.9 Å². The maximum atomic E-state index is 6.61. The van der Waals surface area contributed by atoms with Crippen molar-refractivity contribution in [2.45, 2.75) is 13.5 Å². The Morgan fingerprint density at radius 1 is 1.00 bits per heavy atom. The zero-order valence-electron chi connectivity index (χ0n) is 19.3. The molecule has 34 heavy (non-hydrogen) atoms. The summed E-state index contributed by atoms with van der Waals surface area (Å²) in [6.07, 6.45) is 5.26. The highest BCUT2D eigenvalue weighted by molar-refractivity contribution is 6.31. The fraction of sp³-hybridized carbons (Fsp3) is 0.269. The van der Waals surface area contributed by atoms with Crippen molar-refractivity contribution >= 4 is 34.0 Å². The van der Waals surface area contributed by atoms with Crippen LogP contribution in [0.25, 0.3) is 11.0 Å². The number of nitrogens with zero attached hydrogens (tertiary/aromatic N) is 5. The molecule has 0 bridgehead atoms. The van der Waals surface area contributed by atoms with Crippen molar-refractivity contribution < 1.29 is 0 Å². The Hall–Kier alpha value is -3.44. The summed E-state index contributed by atoms with van der Waals surface area (Å²) in [5, 5.41) is 12.2. The maximum Gasteiger partial charge on any atom is 0.181 e. The average Bonchev–Trinajstić information content (AvgIpc) is 3.21. The molecule has 0 amide bonds. The minimum absolute atomic E-state index is 0.698. The third-order valence-corrected chi connectivity index (χ3v) is 6.37. The van der Waals surface area contributed by atoms with E-state index in [4.69, 9.17) is 11.6 Å². The molecule has 8 heteroatoms. The van der Waals surface area contributed by atoms with E-state index in [2.05, 4.69) is 66.3 Å². The molecular weight excluding hydrogens is 446 g/mol. The van der Waals surface area contributed by atoms with E-state index in [1.54, 1.807) is 18.6 Å². The molecule has 0 atom stereocenters. The van der Waals surface area contributed by atoms with Gasteiger partial charge in [-0.15, -0.1) is 0 Å². The minimum atomic E-state index is 0.698. The van der Waals surface area contributed by atoms with Crippen LogP contribution in [0.1, 0.15) is 22.4 Å². The number of likely N-dealkylation sites (N-methyl/N-ethyl adjacent to an activating group) is 1. The summed E-state index contributed by atoms with van der Waals surface area (Å²) in [7, 11) is 2.16. The molecule has 4 heterocycles. The molecule has 3 aromatic heterocycles. The number of piperazine rings is 1. The second-order valence-electron chi connectivity index (χ2n) is 8.67. The second-order valence-corrected chi connectivity index (χ2v) is 9.07. The van der Waals surface area contributed by atoms with Crippen LogP contribution in [-0.2, 0) is 6.54 Å². The van der Waals surface area contributed by atoms with Crippen molar-refractivity contribution in [2.75, 3.05) is 38.5 Å². The molecule has 4 aromatic rings. The molecule has 7 nitrogen and oxygen atoms in total. The Bertz CT molecular complexity index is 1380. The molecule has 1 saturated heterocycles. The van der Waals surface area contributed by atoms with Crippen LogP contribution >= 0.6 is 11.6 Å². The van der Waals surface area contributed by atoms with Crippen LogP contribution in [0.3, 0.4) is 0 Å². The first-order valence-electron chi connectivity index (χ1n) is 11.3. The monoisotopic (exact) mass is 471 g/mol. The van der Waals surface area contributed by atoms with E-state index >= 15 is 0 Å². The minimum Gasteiger partial charge on any atom is -0.354 e. The molecule has 0 saturated carbocycles. The standard InChI is InChI=1S/C26H26ClN7/c1-18-24-12-20(15-29-26(24)32-31-18)4-3-19-11-23(16-28-14-19)30-22-6-5-21(25(27)13-22)17-34-9-7-33(2)8-10-34/h5-6,11-16,30H,7-10,17H2,1-2H3,(H,29,31,32). The Balaban J connectivity index is 1.27. The lowest BCUT2D eigenvalue weighted by Crippen LogP contribution is -2.43. The van der Waals surface area contributed by atoms with Gasteiger partial charge in [0, 0.05) is 78.0 Å². The number of benzene rings is 1. The van der Waals surface area contributed by atoms with Crippen molar-refractivity contribution in [2.24, 2.45) is 0 Å². The number of aromatic nitrogens is 4. The van der Waals surface area contributed by atoms with Crippen LogP contribution in [0.5, 0.6) is 0 Å². The molecule has 1 aromatic carbocycles. The molecule has 1 aliphatic rings. The fourth-order valence-corrected chi connectivity index (χ4v) is 4.22. The van der Waals surface area contributed by atoms with Gasteiger partial charge in [-0.2, -0.15) is 5.10 Å². The second kappa shape index (κ2) is 9.82. The third-order valence-electron chi connectivity index (χ3n) is 6.02. The molecule has 0 aliphatic carbocycles. The fourth-order valence-electron chi connectivity index (χ4n) is 3.98. The first-order chi connectivity index (χ1) is 16.5. The van der Waals surface area contributed by atoms with Crippen molar-refractivity contribution in [1.82, 2.24) is 30.0 Å². The SMILES string of the molecule is Cc1[nH]nc2ncc(C#Cc3cncc(Nc4ccc(CN5CCN(C)CC5)c(Cl)c4)c3)cc12. The van der Waals surface area contributed by atoms with Gasteiger partial charge in [0.1, 0.15) is 0 Å². The topological polar surface area (TPSA) is 73.0 Å². The number of aryl methyl sites for hydroxylation is 1. The smallest absolute Gasteiger partial charge is 0.181 e. The number of rotatable bonds is 4. The van der Waals surface area contributed by atoms with E-state index in [9.17, 15) is 0 Å². The third kappa shape index (κ3) is 5.20. The van der Waals surface area contributed by atoms with Crippen molar-refractivity contribution in [3.05, 3.63) is 76.3 Å². The summed E-state index contributed by atoms with van der Waals surface area (Å²) in [4.78, 5) is 13.5. The molecular formula is C26H26ClN7. The van der Waals surface area contributed by atoms with E-state index in [0.717, 1.165) is 76.9 Å². The highest BCUT2D eigenvalue weighted by Crippen LogP contribution is 2.25. The van der Waals surface area contributed by atoms with Gasteiger partial charge in [-0.3, -0.25) is 15.0 Å². The average molecular weight is 472 g/mol. The first kappa shape index (κ1) is 22.4. The number of pyridine rings is 2. The van der Waals surface area contributed by atoms with Gasteiger partial charge in [-0.1, -0.05) is 29.5 Å². The zero-order valence-corrected chi connectivity index (χ0v) is 20.0. The Morgan fingerprint density at radius 2 is 1.79 bits per heavy atom. The maximum absolute atomic E-state index is 6.61. The Labute approximate surface area is 204 Å². The van der Waals surface area contributed by atoms with Crippen LogP contribution in [-0.4, -0.2) is 63.2 Å². The van der Waals surface area contributed by atoms with Gasteiger partial charge in [0.05, 0.1) is 11.9 Å². The lowest BCUT2D eigenvalue weighted by molar-refractivity contribution is 0.148. The van der Waals surface area contributed by atoms with E-state index in [-0.39, 0.29) is 0 Å². The van der Waals surface area contributed by atoms with Crippen LogP contribution < -0.4 is 5.32 Å². The van der Waals surface area contributed by atoms with Crippen LogP contribution in [0.4, 0.5) is 11.4 Å². The molecule has 1 fully saturated rings. The molecule has 0 spiro atoms. The molecule has 5 rings (SSSR count). The number of hydrogen-bond donors (Lipinski definition) is 2. The predicted octanol–water partition coefficient (Wildman–Crippen LogP) is 4.21. The summed E-state index contributed by atoms with van der Waals surface area (Å²) in [5.41, 5.74) is 6.24. The van der Waals surface area contributed by atoms with Gasteiger partial charge >= 0.3 is 0 Å². The summed E-state index contributed by atoms with van der Waals surface area (Å²) in [6.45, 7) is 7.17. The van der Waals surface area contributed by atoms with Gasteiger partial charge < -0.3 is 10.2 Å². The van der Waals surface area contributed by atoms with Gasteiger partial charge in [-0.25, -0.2) is 4.98 Å². The highest BCUT2D eigenvalue weighted by Gasteiger charge is 2.15. The number of anilines is 2. The van der Waals surface area contributed by atoms with Crippen LogP contribution in [0, 0.1) is 18.8 Å². The van der Waals surface area contributed by atoms with Gasteiger partial charge in [0.25, 0.3) is 0 Å². The molecule has 172 valence electrons. The van der Waals surface area contributed by atoms with Gasteiger partial charge in [-0.05, 0) is 43.8 Å². The van der Waals surface area contributed by atoms with Crippen molar-refractivity contribution in [3.63, 3.8) is 0 Å². The summed E-state index contributed by atoms with van der Waals surface area (Å²) >= 11 is 6.61.